The van der Waals surface area contributed by atoms with Crippen LogP contribution in [0.4, 0.5) is 22.0 Å². The molecule has 3 aromatic rings. The van der Waals surface area contributed by atoms with Gasteiger partial charge < -0.3 is 14.2 Å². The Morgan fingerprint density at radius 2 is 1.41 bits per heavy atom. The van der Waals surface area contributed by atoms with Crippen LogP contribution in [0.5, 0.6) is 5.75 Å². The van der Waals surface area contributed by atoms with Crippen molar-refractivity contribution in [3.8, 4) is 16.9 Å². The van der Waals surface area contributed by atoms with Crippen molar-refractivity contribution in [3.63, 3.8) is 0 Å². The summed E-state index contributed by atoms with van der Waals surface area (Å²) in [7, 11) is 0. The van der Waals surface area contributed by atoms with Crippen molar-refractivity contribution in [1.82, 2.24) is 0 Å². The van der Waals surface area contributed by atoms with Gasteiger partial charge in [-0.05, 0) is 84.9 Å². The summed E-state index contributed by atoms with van der Waals surface area (Å²) in [5, 5.41) is 0. The molecule has 1 heterocycles. The molecule has 0 spiro atoms. The van der Waals surface area contributed by atoms with E-state index in [1.54, 1.807) is 12.1 Å². The second kappa shape index (κ2) is 12.9. The zero-order valence-electron chi connectivity index (χ0n) is 23.1. The minimum atomic E-state index is -4.74. The van der Waals surface area contributed by atoms with E-state index in [0.717, 1.165) is 53.9 Å². The van der Waals surface area contributed by atoms with Crippen LogP contribution in [0.25, 0.3) is 11.1 Å². The smallest absolute Gasteiger partial charge is 0.406 e. The molecule has 0 bridgehead atoms. The molecule has 1 saturated carbocycles. The number of alkyl halides is 3. The Bertz CT molecular complexity index is 1260. The van der Waals surface area contributed by atoms with Crippen LogP contribution in [0, 0.1) is 17.6 Å². The first-order valence-corrected chi connectivity index (χ1v) is 14.4. The summed E-state index contributed by atoms with van der Waals surface area (Å²) in [6.45, 7) is 2.59. The minimum absolute atomic E-state index is 0.0485. The number of hydrogen-bond donors (Lipinski definition) is 0. The van der Waals surface area contributed by atoms with Crippen molar-refractivity contribution in [3.05, 3.63) is 89.0 Å². The maximum Gasteiger partial charge on any atom is 0.573 e. The second-order valence-corrected chi connectivity index (χ2v) is 11.1. The van der Waals surface area contributed by atoms with Gasteiger partial charge in [0.05, 0.1) is 12.7 Å². The molecule has 0 radical (unpaired) electrons. The van der Waals surface area contributed by atoms with Gasteiger partial charge in [-0.1, -0.05) is 56.2 Å². The molecule has 2 aliphatic rings. The van der Waals surface area contributed by atoms with Crippen LogP contribution in [0.1, 0.15) is 80.8 Å². The van der Waals surface area contributed by atoms with Crippen LogP contribution in [0.3, 0.4) is 0 Å². The number of halogens is 5. The van der Waals surface area contributed by atoms with E-state index >= 15 is 8.78 Å². The zero-order chi connectivity index (χ0) is 29.0. The van der Waals surface area contributed by atoms with Crippen LogP contribution in [-0.2, 0) is 15.9 Å². The Hall–Kier alpha value is -2.97. The molecule has 1 aliphatic heterocycles. The van der Waals surface area contributed by atoms with Crippen LogP contribution in [-0.4, -0.2) is 19.1 Å². The van der Waals surface area contributed by atoms with Gasteiger partial charge >= 0.3 is 6.36 Å². The van der Waals surface area contributed by atoms with Gasteiger partial charge in [0.2, 0.25) is 0 Å². The SMILES string of the molecule is CCC[C@H]1CC[C@H](c2cc(F)c(CC3CCOC(c4ccc(-c5ccc(OC(F)(F)F)cc5)cc4)O3)c(F)c2)CC1. The molecular weight excluding hydrogens is 539 g/mol. The molecular formula is C33H35F5O3. The molecule has 2 atom stereocenters. The standard InChI is InChI=1S/C33H35F5O3/c1-2-3-21-4-6-24(7-5-21)26-18-30(34)29(31(35)19-26)20-28-16-17-39-32(40-28)25-10-8-22(9-11-25)23-12-14-27(15-13-23)41-33(36,37)38/h8-15,18-19,21,24,28,32H,2-7,16-17,20H2,1H3/t21-,24-,28?,32?. The van der Waals surface area contributed by atoms with Crippen molar-refractivity contribution in [2.24, 2.45) is 5.92 Å². The molecule has 41 heavy (non-hydrogen) atoms. The van der Waals surface area contributed by atoms with Gasteiger partial charge in [-0.15, -0.1) is 13.2 Å². The fourth-order valence-electron chi connectivity index (χ4n) is 6.07. The predicted octanol–water partition coefficient (Wildman–Crippen LogP) is 9.65. The van der Waals surface area contributed by atoms with E-state index in [-0.39, 0.29) is 23.7 Å². The summed E-state index contributed by atoms with van der Waals surface area (Å²) in [4.78, 5) is 0. The molecule has 2 fully saturated rings. The van der Waals surface area contributed by atoms with E-state index in [0.29, 0.717) is 13.0 Å². The highest BCUT2D eigenvalue weighted by molar-refractivity contribution is 5.64. The molecule has 8 heteroatoms. The summed E-state index contributed by atoms with van der Waals surface area (Å²) in [6.07, 6.45) is 1.38. The summed E-state index contributed by atoms with van der Waals surface area (Å²) >= 11 is 0. The molecule has 3 aromatic carbocycles. The van der Waals surface area contributed by atoms with Crippen molar-refractivity contribution in [1.29, 1.82) is 0 Å². The maximum absolute atomic E-state index is 15.2. The number of benzene rings is 3. The fourth-order valence-corrected chi connectivity index (χ4v) is 6.07. The lowest BCUT2D eigenvalue weighted by Crippen LogP contribution is -2.29. The van der Waals surface area contributed by atoms with Crippen molar-refractivity contribution in [2.45, 2.75) is 83.0 Å². The quantitative estimate of drug-likeness (QED) is 0.251. The van der Waals surface area contributed by atoms with Gasteiger partial charge in [-0.3, -0.25) is 0 Å². The van der Waals surface area contributed by atoms with Crippen molar-refractivity contribution < 1.29 is 36.2 Å². The molecule has 2 unspecified atom stereocenters. The van der Waals surface area contributed by atoms with Crippen molar-refractivity contribution in [2.75, 3.05) is 6.61 Å². The van der Waals surface area contributed by atoms with Crippen molar-refractivity contribution >= 4 is 0 Å². The van der Waals surface area contributed by atoms with Gasteiger partial charge in [0.15, 0.2) is 6.29 Å². The van der Waals surface area contributed by atoms with Gasteiger partial charge in [-0.25, -0.2) is 8.78 Å². The van der Waals surface area contributed by atoms with Crippen LogP contribution < -0.4 is 4.74 Å². The maximum atomic E-state index is 15.2. The number of rotatable bonds is 8. The Balaban J connectivity index is 1.20. The van der Waals surface area contributed by atoms with Gasteiger partial charge in [0.25, 0.3) is 0 Å². The molecule has 1 saturated heterocycles. The fraction of sp³-hybridized carbons (Fsp3) is 0.455. The average Bonchev–Trinajstić information content (AvgIpc) is 2.95. The number of ether oxygens (including phenoxy) is 3. The molecule has 3 nitrogen and oxygen atoms in total. The molecule has 0 aromatic heterocycles. The Kier molecular flexibility index (Phi) is 9.29. The summed E-state index contributed by atoms with van der Waals surface area (Å²) in [5.41, 5.74) is 3.06. The van der Waals surface area contributed by atoms with Gasteiger partial charge in [-0.2, -0.15) is 0 Å². The third-order valence-electron chi connectivity index (χ3n) is 8.24. The monoisotopic (exact) mass is 574 g/mol. The Morgan fingerprint density at radius 1 is 0.805 bits per heavy atom. The van der Waals surface area contributed by atoms with Gasteiger partial charge in [0, 0.05) is 17.5 Å². The zero-order valence-corrected chi connectivity index (χ0v) is 23.1. The largest absolute Gasteiger partial charge is 0.573 e. The van der Waals surface area contributed by atoms with Gasteiger partial charge in [0.1, 0.15) is 17.4 Å². The Labute approximate surface area is 237 Å². The van der Waals surface area contributed by atoms with E-state index in [9.17, 15) is 13.2 Å². The lowest BCUT2D eigenvalue weighted by molar-refractivity contribution is -0.274. The van der Waals surface area contributed by atoms with Crippen LogP contribution in [0.15, 0.2) is 60.7 Å². The molecule has 220 valence electrons. The molecule has 0 N–H and O–H groups in total. The van der Waals surface area contributed by atoms with E-state index < -0.39 is 30.4 Å². The van der Waals surface area contributed by atoms with Crippen LogP contribution >= 0.6 is 0 Å². The Morgan fingerprint density at radius 3 is 2.00 bits per heavy atom. The summed E-state index contributed by atoms with van der Waals surface area (Å²) < 4.78 is 83.4. The lowest BCUT2D eigenvalue weighted by atomic mass is 9.77. The first-order valence-electron chi connectivity index (χ1n) is 14.4. The number of hydrogen-bond acceptors (Lipinski definition) is 3. The normalized spacial score (nSPS) is 23.4. The first-order chi connectivity index (χ1) is 19.7. The molecule has 0 amide bonds. The van der Waals surface area contributed by atoms with Crippen LogP contribution in [0.2, 0.25) is 0 Å². The van der Waals surface area contributed by atoms with E-state index in [1.165, 1.54) is 37.1 Å². The molecule has 1 aliphatic carbocycles. The third-order valence-corrected chi connectivity index (χ3v) is 8.24. The minimum Gasteiger partial charge on any atom is -0.406 e. The topological polar surface area (TPSA) is 27.7 Å². The predicted molar refractivity (Wildman–Crippen MR) is 146 cm³/mol. The summed E-state index contributed by atoms with van der Waals surface area (Å²) in [6, 6.07) is 15.9. The average molecular weight is 575 g/mol. The van der Waals surface area contributed by atoms with E-state index in [1.807, 2.05) is 24.3 Å². The second-order valence-electron chi connectivity index (χ2n) is 11.1. The molecule has 5 rings (SSSR count). The summed E-state index contributed by atoms with van der Waals surface area (Å²) in [5.74, 6) is -0.381. The third kappa shape index (κ3) is 7.66. The highest BCUT2D eigenvalue weighted by Crippen LogP contribution is 2.39. The highest BCUT2D eigenvalue weighted by Gasteiger charge is 2.31. The van der Waals surface area contributed by atoms with E-state index in [4.69, 9.17) is 9.47 Å². The lowest BCUT2D eigenvalue weighted by Gasteiger charge is -2.31. The highest BCUT2D eigenvalue weighted by atomic mass is 19.4. The van der Waals surface area contributed by atoms with E-state index in [2.05, 4.69) is 11.7 Å². The first kappa shape index (κ1) is 29.5.